The van der Waals surface area contributed by atoms with E-state index < -0.39 is 0 Å². The second-order valence-corrected chi connectivity index (χ2v) is 4.93. The smallest absolute Gasteiger partial charge is 0.320 e. The second kappa shape index (κ2) is 6.91. The number of carbonyl (C=O) groups excluding carboxylic acids is 1. The van der Waals surface area contributed by atoms with Gasteiger partial charge in [0.25, 0.3) is 0 Å². The van der Waals surface area contributed by atoms with E-state index in [9.17, 15) is 4.79 Å². The van der Waals surface area contributed by atoms with Crippen LogP contribution in [-0.2, 0) is 6.54 Å². The number of hydrogen-bond acceptors (Lipinski definition) is 3. The van der Waals surface area contributed by atoms with Crippen LogP contribution in [0.4, 0.5) is 10.6 Å². The Morgan fingerprint density at radius 1 is 1.30 bits per heavy atom. The van der Waals surface area contributed by atoms with Gasteiger partial charge in [0.15, 0.2) is 0 Å². The number of anilines is 1. The Hall–Kier alpha value is -2.08. The van der Waals surface area contributed by atoms with Crippen LogP contribution in [0.3, 0.4) is 0 Å². The average molecular weight is 336 g/mol. The molecule has 0 saturated heterocycles. The predicted octanol–water partition coefficient (Wildman–Crippen LogP) is 3.17. The molecule has 2 rings (SSSR count). The van der Waals surface area contributed by atoms with Gasteiger partial charge >= 0.3 is 6.03 Å². The largest absolute Gasteiger partial charge is 0.497 e. The van der Waals surface area contributed by atoms with E-state index in [0.717, 1.165) is 15.8 Å². The number of amides is 2. The van der Waals surface area contributed by atoms with Crippen LogP contribution in [0.15, 0.2) is 47.1 Å². The van der Waals surface area contributed by atoms with E-state index in [0.29, 0.717) is 12.4 Å². The summed E-state index contributed by atoms with van der Waals surface area (Å²) in [7, 11) is 1.62. The maximum Gasteiger partial charge on any atom is 0.320 e. The van der Waals surface area contributed by atoms with Crippen molar-refractivity contribution in [3.05, 3.63) is 52.6 Å². The molecule has 2 aromatic rings. The first-order valence-electron chi connectivity index (χ1n) is 5.97. The number of methoxy groups -OCH3 is 1. The van der Waals surface area contributed by atoms with E-state index in [-0.39, 0.29) is 6.03 Å². The van der Waals surface area contributed by atoms with Crippen LogP contribution in [0.2, 0.25) is 0 Å². The fraction of sp³-hybridized carbons (Fsp3) is 0.143. The van der Waals surface area contributed by atoms with Crippen LogP contribution >= 0.6 is 15.9 Å². The lowest BCUT2D eigenvalue weighted by Gasteiger charge is -2.08. The highest BCUT2D eigenvalue weighted by molar-refractivity contribution is 9.10. The van der Waals surface area contributed by atoms with Gasteiger partial charge in [0.1, 0.15) is 11.6 Å². The van der Waals surface area contributed by atoms with Crippen molar-refractivity contribution in [1.82, 2.24) is 10.3 Å². The van der Waals surface area contributed by atoms with Gasteiger partial charge in [-0.15, -0.1) is 0 Å². The quantitative estimate of drug-likeness (QED) is 0.901. The molecular weight excluding hydrogens is 322 g/mol. The number of urea groups is 1. The topological polar surface area (TPSA) is 63.2 Å². The molecular formula is C14H14BrN3O2. The summed E-state index contributed by atoms with van der Waals surface area (Å²) in [5, 5.41) is 5.42. The number of pyridine rings is 1. The van der Waals surface area contributed by atoms with E-state index in [1.165, 1.54) is 0 Å². The summed E-state index contributed by atoms with van der Waals surface area (Å²) in [5.74, 6) is 1.28. The Bertz CT molecular complexity index is 587. The maximum atomic E-state index is 11.7. The molecule has 0 radical (unpaired) electrons. The Labute approximate surface area is 125 Å². The summed E-state index contributed by atoms with van der Waals surface area (Å²) in [4.78, 5) is 15.8. The molecule has 5 nitrogen and oxygen atoms in total. The average Bonchev–Trinajstić information content (AvgIpc) is 2.46. The van der Waals surface area contributed by atoms with Crippen molar-refractivity contribution in [2.75, 3.05) is 12.4 Å². The van der Waals surface area contributed by atoms with Gasteiger partial charge in [0.2, 0.25) is 0 Å². The van der Waals surface area contributed by atoms with Crippen molar-refractivity contribution in [2.45, 2.75) is 6.54 Å². The molecule has 0 atom stereocenters. The molecule has 0 fully saturated rings. The van der Waals surface area contributed by atoms with Gasteiger partial charge in [0, 0.05) is 17.2 Å². The molecule has 2 amide bonds. The third kappa shape index (κ3) is 4.24. The van der Waals surface area contributed by atoms with Crippen LogP contribution in [0.5, 0.6) is 5.75 Å². The Balaban J connectivity index is 1.85. The van der Waals surface area contributed by atoms with Gasteiger partial charge in [-0.3, -0.25) is 5.32 Å². The van der Waals surface area contributed by atoms with Crippen LogP contribution in [0, 0.1) is 0 Å². The lowest BCUT2D eigenvalue weighted by molar-refractivity contribution is 0.251. The van der Waals surface area contributed by atoms with E-state index in [1.54, 1.807) is 25.4 Å². The van der Waals surface area contributed by atoms with Gasteiger partial charge in [0.05, 0.1) is 7.11 Å². The molecule has 0 aliphatic heterocycles. The third-order valence-electron chi connectivity index (χ3n) is 2.58. The highest BCUT2D eigenvalue weighted by Crippen LogP contribution is 2.13. The lowest BCUT2D eigenvalue weighted by atomic mass is 10.2. The van der Waals surface area contributed by atoms with Crippen LogP contribution < -0.4 is 15.4 Å². The Kier molecular flexibility index (Phi) is 4.95. The standard InChI is InChI=1S/C14H14BrN3O2/c1-20-12-4-2-10(3-5-12)9-17-14(19)18-13-8-11(15)6-7-16-13/h2-8H,9H2,1H3,(H2,16,17,18,19). The van der Waals surface area contributed by atoms with Crippen LogP contribution in [0.1, 0.15) is 5.56 Å². The summed E-state index contributed by atoms with van der Waals surface area (Å²) in [6, 6.07) is 10.7. The van der Waals surface area contributed by atoms with Crippen molar-refractivity contribution in [3.8, 4) is 5.75 Å². The molecule has 0 spiro atoms. The fourth-order valence-electron chi connectivity index (χ4n) is 1.56. The van der Waals surface area contributed by atoms with E-state index >= 15 is 0 Å². The summed E-state index contributed by atoms with van der Waals surface area (Å²) in [5.41, 5.74) is 0.989. The number of aromatic nitrogens is 1. The van der Waals surface area contributed by atoms with E-state index in [4.69, 9.17) is 4.74 Å². The maximum absolute atomic E-state index is 11.7. The minimum atomic E-state index is -0.300. The molecule has 0 aliphatic rings. The molecule has 2 N–H and O–H groups in total. The van der Waals surface area contributed by atoms with E-state index in [1.807, 2.05) is 24.3 Å². The number of benzene rings is 1. The number of rotatable bonds is 4. The first kappa shape index (κ1) is 14.3. The number of hydrogen-bond donors (Lipinski definition) is 2. The van der Waals surface area contributed by atoms with E-state index in [2.05, 4.69) is 31.5 Å². The van der Waals surface area contributed by atoms with Crippen molar-refractivity contribution in [2.24, 2.45) is 0 Å². The Morgan fingerprint density at radius 2 is 2.05 bits per heavy atom. The number of nitrogens with one attached hydrogen (secondary N) is 2. The zero-order chi connectivity index (χ0) is 14.4. The highest BCUT2D eigenvalue weighted by Gasteiger charge is 2.03. The number of halogens is 1. The number of carbonyl (C=O) groups is 1. The summed E-state index contributed by atoms with van der Waals surface area (Å²) in [6.45, 7) is 0.434. The van der Waals surface area contributed by atoms with Gasteiger partial charge in [-0.25, -0.2) is 9.78 Å². The zero-order valence-corrected chi connectivity index (χ0v) is 12.5. The predicted molar refractivity (Wildman–Crippen MR) is 80.8 cm³/mol. The molecule has 0 saturated carbocycles. The fourth-order valence-corrected chi connectivity index (χ4v) is 1.89. The first-order chi connectivity index (χ1) is 9.67. The van der Waals surface area contributed by atoms with Gasteiger partial charge in [-0.1, -0.05) is 28.1 Å². The van der Waals surface area contributed by atoms with Gasteiger partial charge in [-0.2, -0.15) is 0 Å². The second-order valence-electron chi connectivity index (χ2n) is 4.02. The normalized spacial score (nSPS) is 9.90. The van der Waals surface area contributed by atoms with Crippen LogP contribution in [0.25, 0.3) is 0 Å². The molecule has 0 aliphatic carbocycles. The van der Waals surface area contributed by atoms with Crippen molar-refractivity contribution in [1.29, 1.82) is 0 Å². The third-order valence-corrected chi connectivity index (χ3v) is 3.07. The molecule has 0 unspecified atom stereocenters. The Morgan fingerprint density at radius 3 is 2.70 bits per heavy atom. The summed E-state index contributed by atoms with van der Waals surface area (Å²) >= 11 is 3.32. The molecule has 6 heteroatoms. The minimum absolute atomic E-state index is 0.300. The summed E-state index contributed by atoms with van der Waals surface area (Å²) < 4.78 is 5.93. The SMILES string of the molecule is COc1ccc(CNC(=O)Nc2cc(Br)ccn2)cc1. The molecule has 1 aromatic heterocycles. The molecule has 0 bridgehead atoms. The lowest BCUT2D eigenvalue weighted by Crippen LogP contribution is -2.28. The molecule has 1 aromatic carbocycles. The number of ether oxygens (including phenoxy) is 1. The van der Waals surface area contributed by atoms with Crippen molar-refractivity contribution in [3.63, 3.8) is 0 Å². The van der Waals surface area contributed by atoms with Gasteiger partial charge in [-0.05, 0) is 29.8 Å². The highest BCUT2D eigenvalue weighted by atomic mass is 79.9. The summed E-state index contributed by atoms with van der Waals surface area (Å²) in [6.07, 6.45) is 1.61. The first-order valence-corrected chi connectivity index (χ1v) is 6.76. The minimum Gasteiger partial charge on any atom is -0.497 e. The van der Waals surface area contributed by atoms with Crippen molar-refractivity contribution < 1.29 is 9.53 Å². The number of nitrogens with zero attached hydrogens (tertiary/aromatic N) is 1. The van der Waals surface area contributed by atoms with Gasteiger partial charge < -0.3 is 10.1 Å². The molecule has 1 heterocycles. The van der Waals surface area contributed by atoms with Crippen molar-refractivity contribution >= 4 is 27.8 Å². The molecule has 104 valence electrons. The van der Waals surface area contributed by atoms with Crippen LogP contribution in [-0.4, -0.2) is 18.1 Å². The molecule has 20 heavy (non-hydrogen) atoms. The zero-order valence-electron chi connectivity index (χ0n) is 10.9. The monoisotopic (exact) mass is 335 g/mol.